The number of amides is 1. The number of nitrogen functional groups attached to an aromatic ring is 1. The monoisotopic (exact) mass is 242 g/mol. The fraction of sp³-hybridized carbons (Fsp3) is 0.667. The van der Waals surface area contributed by atoms with Crippen LogP contribution in [0.25, 0.3) is 0 Å². The molecule has 0 bridgehead atoms. The van der Waals surface area contributed by atoms with Crippen LogP contribution in [0, 0.1) is 0 Å². The molecule has 0 spiro atoms. The third-order valence-corrected chi connectivity index (χ3v) is 3.10. The van der Waals surface area contributed by atoms with Gasteiger partial charge in [0, 0.05) is 19.7 Å². The van der Waals surface area contributed by atoms with Gasteiger partial charge in [-0.1, -0.05) is 11.3 Å². The van der Waals surface area contributed by atoms with E-state index < -0.39 is 0 Å². The van der Waals surface area contributed by atoms with Crippen molar-refractivity contribution in [2.24, 2.45) is 0 Å². The Labute approximate surface area is 97.4 Å². The second-order valence-corrected chi connectivity index (χ2v) is 4.74. The predicted molar refractivity (Wildman–Crippen MR) is 60.3 cm³/mol. The Bertz CT molecular complexity index is 381. The van der Waals surface area contributed by atoms with Crippen molar-refractivity contribution in [3.05, 3.63) is 5.01 Å². The molecule has 7 heteroatoms. The van der Waals surface area contributed by atoms with E-state index in [0.717, 1.165) is 17.8 Å². The van der Waals surface area contributed by atoms with Crippen LogP contribution in [0.3, 0.4) is 0 Å². The summed E-state index contributed by atoms with van der Waals surface area (Å²) in [4.78, 5) is 13.8. The van der Waals surface area contributed by atoms with E-state index in [1.165, 1.54) is 0 Å². The van der Waals surface area contributed by atoms with Crippen molar-refractivity contribution in [1.29, 1.82) is 0 Å². The van der Waals surface area contributed by atoms with Gasteiger partial charge in [0.25, 0.3) is 5.91 Å². The highest BCUT2D eigenvalue weighted by atomic mass is 32.1. The lowest BCUT2D eigenvalue weighted by molar-refractivity contribution is 0.0562. The topological polar surface area (TPSA) is 81.3 Å². The molecular weight excluding hydrogens is 228 g/mol. The van der Waals surface area contributed by atoms with Gasteiger partial charge in [-0.05, 0) is 13.3 Å². The third-order valence-electron chi connectivity index (χ3n) is 2.36. The molecule has 0 aromatic carbocycles. The second kappa shape index (κ2) is 4.75. The lowest BCUT2D eigenvalue weighted by atomic mass is 10.3. The highest BCUT2D eigenvalue weighted by Gasteiger charge is 2.23. The summed E-state index contributed by atoms with van der Waals surface area (Å²) in [5.41, 5.74) is 5.45. The van der Waals surface area contributed by atoms with Crippen molar-refractivity contribution in [2.75, 3.05) is 25.4 Å². The van der Waals surface area contributed by atoms with Gasteiger partial charge in [-0.25, -0.2) is 0 Å². The lowest BCUT2D eigenvalue weighted by Gasteiger charge is -2.20. The molecule has 1 unspecified atom stereocenters. The molecule has 1 fully saturated rings. The Kier molecular flexibility index (Phi) is 3.35. The summed E-state index contributed by atoms with van der Waals surface area (Å²) in [7, 11) is 0. The van der Waals surface area contributed by atoms with Crippen molar-refractivity contribution in [1.82, 2.24) is 15.1 Å². The van der Waals surface area contributed by atoms with Gasteiger partial charge in [0.2, 0.25) is 10.1 Å². The summed E-state index contributed by atoms with van der Waals surface area (Å²) in [6.45, 7) is 3.95. The summed E-state index contributed by atoms with van der Waals surface area (Å²) in [6.07, 6.45) is 0.918. The Morgan fingerprint density at radius 3 is 3.12 bits per heavy atom. The molecule has 2 N–H and O–H groups in total. The molecule has 1 aromatic rings. The van der Waals surface area contributed by atoms with Crippen molar-refractivity contribution < 1.29 is 9.53 Å². The molecule has 1 aliphatic rings. The number of nitrogens with two attached hydrogens (primary N) is 1. The maximum Gasteiger partial charge on any atom is 0.284 e. The van der Waals surface area contributed by atoms with Crippen molar-refractivity contribution in [2.45, 2.75) is 19.4 Å². The van der Waals surface area contributed by atoms with Gasteiger partial charge in [-0.15, -0.1) is 10.2 Å². The maximum atomic E-state index is 12.0. The zero-order valence-corrected chi connectivity index (χ0v) is 9.87. The number of nitrogens with zero attached hydrogens (tertiary/aromatic N) is 3. The quantitative estimate of drug-likeness (QED) is 0.769. The Hall–Kier alpha value is -1.21. The van der Waals surface area contributed by atoms with E-state index in [0.29, 0.717) is 29.8 Å². The van der Waals surface area contributed by atoms with E-state index in [2.05, 4.69) is 10.2 Å². The first kappa shape index (κ1) is 11.3. The molecule has 1 aliphatic heterocycles. The summed E-state index contributed by atoms with van der Waals surface area (Å²) in [5, 5.41) is 8.08. The minimum absolute atomic E-state index is 0.0664. The molecular formula is C9H14N4O2S. The number of rotatable bonds is 1. The second-order valence-electron chi connectivity index (χ2n) is 3.73. The molecule has 1 atom stereocenters. The number of aromatic nitrogens is 2. The van der Waals surface area contributed by atoms with Crippen LogP contribution < -0.4 is 5.73 Å². The SMILES string of the molecule is CC1CN(C(=O)c2nnc(N)s2)CCCO1. The predicted octanol–water partition coefficient (Wildman–Crippen LogP) is 0.371. The van der Waals surface area contributed by atoms with Crippen LogP contribution in [-0.4, -0.2) is 46.8 Å². The van der Waals surface area contributed by atoms with Crippen LogP contribution in [0.4, 0.5) is 5.13 Å². The number of carbonyl (C=O) groups excluding carboxylic acids is 1. The van der Waals surface area contributed by atoms with Gasteiger partial charge in [0.05, 0.1) is 6.10 Å². The normalized spacial score (nSPS) is 21.8. The van der Waals surface area contributed by atoms with E-state index in [1.54, 1.807) is 4.90 Å². The van der Waals surface area contributed by atoms with Gasteiger partial charge in [0.1, 0.15) is 0 Å². The average molecular weight is 242 g/mol. The number of carbonyl (C=O) groups is 1. The van der Waals surface area contributed by atoms with Gasteiger partial charge in [-0.3, -0.25) is 4.79 Å². The van der Waals surface area contributed by atoms with Crippen LogP contribution in [0.1, 0.15) is 23.1 Å². The molecule has 16 heavy (non-hydrogen) atoms. The first-order chi connectivity index (χ1) is 7.66. The smallest absolute Gasteiger partial charge is 0.284 e. The van der Waals surface area contributed by atoms with Gasteiger partial charge in [-0.2, -0.15) is 0 Å². The fourth-order valence-corrected chi connectivity index (χ4v) is 2.21. The number of anilines is 1. The highest BCUT2D eigenvalue weighted by molar-refractivity contribution is 7.16. The van der Waals surface area contributed by atoms with E-state index in [9.17, 15) is 4.79 Å². The molecule has 2 heterocycles. The number of hydrogen-bond acceptors (Lipinski definition) is 6. The average Bonchev–Trinajstić information content (AvgIpc) is 2.56. The summed E-state index contributed by atoms with van der Waals surface area (Å²) in [6, 6.07) is 0. The standard InChI is InChI=1S/C9H14N4O2S/c1-6-5-13(3-2-4-15-6)8(14)7-11-12-9(10)16-7/h6H,2-5H2,1H3,(H2,10,12). The van der Waals surface area contributed by atoms with E-state index in [4.69, 9.17) is 10.5 Å². The van der Waals surface area contributed by atoms with Gasteiger partial charge in [0.15, 0.2) is 0 Å². The van der Waals surface area contributed by atoms with Crippen LogP contribution >= 0.6 is 11.3 Å². The summed E-state index contributed by atoms with van der Waals surface area (Å²) >= 11 is 1.12. The van der Waals surface area contributed by atoms with Crippen LogP contribution in [0.5, 0.6) is 0 Å². The first-order valence-corrected chi connectivity index (χ1v) is 5.98. The largest absolute Gasteiger partial charge is 0.377 e. The van der Waals surface area contributed by atoms with Crippen molar-refractivity contribution in [3.63, 3.8) is 0 Å². The molecule has 1 amide bonds. The van der Waals surface area contributed by atoms with Crippen LogP contribution in [0.2, 0.25) is 0 Å². The number of hydrogen-bond donors (Lipinski definition) is 1. The molecule has 6 nitrogen and oxygen atoms in total. The summed E-state index contributed by atoms with van der Waals surface area (Å²) in [5.74, 6) is -0.105. The molecule has 0 saturated carbocycles. The van der Waals surface area contributed by atoms with E-state index >= 15 is 0 Å². The summed E-state index contributed by atoms with van der Waals surface area (Å²) < 4.78 is 5.47. The highest BCUT2D eigenvalue weighted by Crippen LogP contribution is 2.15. The molecule has 1 aromatic heterocycles. The minimum atomic E-state index is -0.105. The fourth-order valence-electron chi connectivity index (χ4n) is 1.63. The molecule has 2 rings (SSSR count). The molecule has 88 valence electrons. The van der Waals surface area contributed by atoms with Gasteiger partial charge >= 0.3 is 0 Å². The Balaban J connectivity index is 2.08. The van der Waals surface area contributed by atoms with Crippen molar-refractivity contribution >= 4 is 22.4 Å². The molecule has 0 aliphatic carbocycles. The third kappa shape index (κ3) is 2.48. The first-order valence-electron chi connectivity index (χ1n) is 5.16. The molecule has 0 radical (unpaired) electrons. The number of ether oxygens (including phenoxy) is 1. The molecule has 1 saturated heterocycles. The van der Waals surface area contributed by atoms with Crippen LogP contribution in [0.15, 0.2) is 0 Å². The maximum absolute atomic E-state index is 12.0. The Morgan fingerprint density at radius 1 is 1.62 bits per heavy atom. The van der Waals surface area contributed by atoms with Crippen LogP contribution in [-0.2, 0) is 4.74 Å². The minimum Gasteiger partial charge on any atom is -0.377 e. The van der Waals surface area contributed by atoms with Crippen molar-refractivity contribution in [3.8, 4) is 0 Å². The zero-order valence-electron chi connectivity index (χ0n) is 9.05. The zero-order chi connectivity index (χ0) is 11.5. The lowest BCUT2D eigenvalue weighted by Crippen LogP contribution is -2.35. The van der Waals surface area contributed by atoms with E-state index in [-0.39, 0.29) is 12.0 Å². The Morgan fingerprint density at radius 2 is 2.44 bits per heavy atom. The van der Waals surface area contributed by atoms with E-state index in [1.807, 2.05) is 6.92 Å². The van der Waals surface area contributed by atoms with Gasteiger partial charge < -0.3 is 15.4 Å².